The predicted molar refractivity (Wildman–Crippen MR) is 77.3 cm³/mol. The third-order valence-electron chi connectivity index (χ3n) is 3.34. The Balaban J connectivity index is 1.77. The number of fused-ring (bicyclic) bond motifs is 1. The summed E-state index contributed by atoms with van der Waals surface area (Å²) in [6.45, 7) is 1.86. The molecule has 0 radical (unpaired) electrons. The van der Waals surface area contributed by atoms with Crippen LogP contribution in [-0.2, 0) is 0 Å². The highest BCUT2D eigenvalue weighted by atomic mass is 79.9. The van der Waals surface area contributed by atoms with E-state index in [1.165, 1.54) is 0 Å². The van der Waals surface area contributed by atoms with E-state index in [1.807, 2.05) is 18.2 Å². The molecule has 19 heavy (non-hydrogen) atoms. The molecule has 1 atom stereocenters. The third-order valence-corrected chi connectivity index (χ3v) is 3.83. The lowest BCUT2D eigenvalue weighted by molar-refractivity contribution is 0.0905. The van der Waals surface area contributed by atoms with Crippen LogP contribution in [0.3, 0.4) is 0 Å². The van der Waals surface area contributed by atoms with Gasteiger partial charge in [-0.05, 0) is 43.7 Å². The van der Waals surface area contributed by atoms with Crippen LogP contribution in [0.5, 0.6) is 0 Å². The Morgan fingerprint density at radius 3 is 3.11 bits per heavy atom. The van der Waals surface area contributed by atoms with Crippen molar-refractivity contribution in [3.8, 4) is 0 Å². The lowest BCUT2D eigenvalue weighted by Gasteiger charge is -2.23. The first-order chi connectivity index (χ1) is 9.22. The maximum absolute atomic E-state index is 12.1. The molecule has 0 bridgehead atoms. The highest BCUT2D eigenvalue weighted by Gasteiger charge is 2.18. The monoisotopic (exact) mass is 322 g/mol. The molecule has 0 saturated carbocycles. The summed E-state index contributed by atoms with van der Waals surface area (Å²) in [5, 5.41) is 7.22. The van der Waals surface area contributed by atoms with Crippen LogP contribution in [-0.4, -0.2) is 25.0 Å². The number of halogens is 1. The zero-order chi connectivity index (χ0) is 13.2. The van der Waals surface area contributed by atoms with Gasteiger partial charge in [-0.1, -0.05) is 15.9 Å². The Morgan fingerprint density at radius 1 is 1.42 bits per heavy atom. The van der Waals surface area contributed by atoms with Gasteiger partial charge in [0, 0.05) is 22.4 Å². The number of rotatable bonds is 2. The van der Waals surface area contributed by atoms with E-state index in [-0.39, 0.29) is 11.9 Å². The second kappa shape index (κ2) is 5.35. The number of hydrogen-bond donors (Lipinski definition) is 2. The number of amides is 1. The van der Waals surface area contributed by atoms with Crippen LogP contribution >= 0.6 is 15.9 Å². The van der Waals surface area contributed by atoms with E-state index in [1.54, 1.807) is 6.07 Å². The number of nitrogens with one attached hydrogen (secondary N) is 2. The summed E-state index contributed by atoms with van der Waals surface area (Å²) in [5.41, 5.74) is 0.723. The van der Waals surface area contributed by atoms with Gasteiger partial charge in [0.2, 0.25) is 0 Å². The fourth-order valence-corrected chi connectivity index (χ4v) is 2.69. The molecule has 2 heterocycles. The van der Waals surface area contributed by atoms with Crippen LogP contribution in [0.4, 0.5) is 0 Å². The van der Waals surface area contributed by atoms with Gasteiger partial charge in [-0.2, -0.15) is 0 Å². The predicted octanol–water partition coefficient (Wildman–Crippen LogP) is 2.68. The molecule has 5 heteroatoms. The lowest BCUT2D eigenvalue weighted by atomic mass is 10.1. The Kier molecular flexibility index (Phi) is 3.57. The summed E-state index contributed by atoms with van der Waals surface area (Å²) in [6, 6.07) is 7.72. The second-order valence-corrected chi connectivity index (χ2v) is 5.73. The molecule has 1 aromatic carbocycles. The van der Waals surface area contributed by atoms with Gasteiger partial charge in [-0.25, -0.2) is 0 Å². The molecule has 2 N–H and O–H groups in total. The number of piperidine rings is 1. The van der Waals surface area contributed by atoms with Crippen molar-refractivity contribution in [2.75, 3.05) is 13.1 Å². The van der Waals surface area contributed by atoms with Gasteiger partial charge < -0.3 is 15.1 Å². The zero-order valence-electron chi connectivity index (χ0n) is 10.4. The van der Waals surface area contributed by atoms with Crippen molar-refractivity contribution in [3.05, 3.63) is 34.5 Å². The highest BCUT2D eigenvalue weighted by Crippen LogP contribution is 2.23. The molecule has 1 unspecified atom stereocenters. The minimum atomic E-state index is -0.138. The van der Waals surface area contributed by atoms with E-state index in [0.29, 0.717) is 5.76 Å². The maximum Gasteiger partial charge on any atom is 0.287 e. The van der Waals surface area contributed by atoms with Gasteiger partial charge in [0.05, 0.1) is 0 Å². The summed E-state index contributed by atoms with van der Waals surface area (Å²) < 4.78 is 6.53. The van der Waals surface area contributed by atoms with Crippen molar-refractivity contribution in [1.82, 2.24) is 10.6 Å². The molecule has 1 amide bonds. The number of carbonyl (C=O) groups is 1. The summed E-state index contributed by atoms with van der Waals surface area (Å²) in [4.78, 5) is 12.1. The molecule has 1 saturated heterocycles. The van der Waals surface area contributed by atoms with Crippen LogP contribution in [0.25, 0.3) is 11.0 Å². The Bertz CT molecular complexity index is 603. The molecule has 4 nitrogen and oxygen atoms in total. The topological polar surface area (TPSA) is 54.3 Å². The van der Waals surface area contributed by atoms with Crippen LogP contribution in [0, 0.1) is 0 Å². The average Bonchev–Trinajstić information content (AvgIpc) is 2.83. The molecule has 3 rings (SSSR count). The molecule has 1 aromatic heterocycles. The molecule has 0 spiro atoms. The van der Waals surface area contributed by atoms with E-state index >= 15 is 0 Å². The summed E-state index contributed by atoms with van der Waals surface area (Å²) in [5.74, 6) is 0.236. The minimum absolute atomic E-state index is 0.138. The van der Waals surface area contributed by atoms with Gasteiger partial charge >= 0.3 is 0 Å². The largest absolute Gasteiger partial charge is 0.451 e. The van der Waals surface area contributed by atoms with Crippen LogP contribution in [0.1, 0.15) is 23.4 Å². The summed E-state index contributed by atoms with van der Waals surface area (Å²) >= 11 is 3.39. The van der Waals surface area contributed by atoms with E-state index in [0.717, 1.165) is 41.4 Å². The van der Waals surface area contributed by atoms with E-state index < -0.39 is 0 Å². The molecule has 100 valence electrons. The van der Waals surface area contributed by atoms with E-state index in [2.05, 4.69) is 26.6 Å². The van der Waals surface area contributed by atoms with Crippen molar-refractivity contribution in [1.29, 1.82) is 0 Å². The highest BCUT2D eigenvalue weighted by molar-refractivity contribution is 9.10. The number of furan rings is 1. The average molecular weight is 323 g/mol. The van der Waals surface area contributed by atoms with Crippen LogP contribution < -0.4 is 10.6 Å². The normalized spacial score (nSPS) is 19.5. The Labute approximate surface area is 119 Å². The number of benzene rings is 1. The maximum atomic E-state index is 12.1. The van der Waals surface area contributed by atoms with Gasteiger partial charge in [0.25, 0.3) is 5.91 Å². The fourth-order valence-electron chi connectivity index (χ4n) is 2.35. The van der Waals surface area contributed by atoms with Gasteiger partial charge in [0.15, 0.2) is 5.76 Å². The number of hydrogen-bond acceptors (Lipinski definition) is 3. The van der Waals surface area contributed by atoms with Crippen molar-refractivity contribution in [2.24, 2.45) is 0 Å². The van der Waals surface area contributed by atoms with E-state index in [4.69, 9.17) is 4.42 Å². The molecule has 0 aliphatic carbocycles. The zero-order valence-corrected chi connectivity index (χ0v) is 12.0. The third kappa shape index (κ3) is 2.82. The first-order valence-corrected chi connectivity index (χ1v) is 7.22. The van der Waals surface area contributed by atoms with Crippen molar-refractivity contribution in [3.63, 3.8) is 0 Å². The smallest absolute Gasteiger partial charge is 0.287 e. The standard InChI is InChI=1S/C14H15BrN2O2/c15-10-4-3-9-6-13(19-12(9)7-10)14(18)17-11-2-1-5-16-8-11/h3-4,6-7,11,16H,1-2,5,8H2,(H,17,18). The minimum Gasteiger partial charge on any atom is -0.451 e. The quantitative estimate of drug-likeness (QED) is 0.893. The molecule has 1 aliphatic heterocycles. The SMILES string of the molecule is O=C(NC1CCCNC1)c1cc2ccc(Br)cc2o1. The molecular formula is C14H15BrN2O2. The number of carbonyl (C=O) groups excluding carboxylic acids is 1. The van der Waals surface area contributed by atoms with E-state index in [9.17, 15) is 4.79 Å². The lowest BCUT2D eigenvalue weighted by Crippen LogP contribution is -2.45. The Hall–Kier alpha value is -1.33. The van der Waals surface area contributed by atoms with Crippen molar-refractivity contribution < 1.29 is 9.21 Å². The van der Waals surface area contributed by atoms with Gasteiger partial charge in [-0.15, -0.1) is 0 Å². The van der Waals surface area contributed by atoms with Gasteiger partial charge in [0.1, 0.15) is 5.58 Å². The molecule has 2 aromatic rings. The van der Waals surface area contributed by atoms with Gasteiger partial charge in [-0.3, -0.25) is 4.79 Å². The first kappa shape index (κ1) is 12.7. The molecule has 1 fully saturated rings. The molecular weight excluding hydrogens is 308 g/mol. The van der Waals surface area contributed by atoms with Crippen LogP contribution in [0.15, 0.2) is 33.2 Å². The summed E-state index contributed by atoms with van der Waals surface area (Å²) in [6.07, 6.45) is 2.11. The Morgan fingerprint density at radius 2 is 2.32 bits per heavy atom. The van der Waals surface area contributed by atoms with Crippen LogP contribution in [0.2, 0.25) is 0 Å². The molecule has 1 aliphatic rings. The second-order valence-electron chi connectivity index (χ2n) is 4.81. The fraction of sp³-hybridized carbons (Fsp3) is 0.357. The first-order valence-electron chi connectivity index (χ1n) is 6.43. The van der Waals surface area contributed by atoms with Crippen molar-refractivity contribution >= 4 is 32.8 Å². The summed E-state index contributed by atoms with van der Waals surface area (Å²) in [7, 11) is 0. The van der Waals surface area contributed by atoms with Crippen molar-refractivity contribution in [2.45, 2.75) is 18.9 Å².